The third-order valence-electron chi connectivity index (χ3n) is 5.44. The minimum Gasteiger partial charge on any atom is -0.376 e. The van der Waals surface area contributed by atoms with Crippen molar-refractivity contribution in [1.82, 2.24) is 15.2 Å². The Kier molecular flexibility index (Phi) is 8.79. The second kappa shape index (κ2) is 11.6. The molecule has 1 saturated heterocycles. The third kappa shape index (κ3) is 7.63. The molecule has 9 heteroatoms. The van der Waals surface area contributed by atoms with Crippen LogP contribution >= 0.6 is 11.3 Å². The Morgan fingerprint density at radius 1 is 1.21 bits per heavy atom. The highest BCUT2D eigenvalue weighted by Gasteiger charge is 2.35. The van der Waals surface area contributed by atoms with E-state index < -0.39 is 11.6 Å². The van der Waals surface area contributed by atoms with E-state index in [1.807, 2.05) is 52.0 Å². The fourth-order valence-electron chi connectivity index (χ4n) is 3.85. The lowest BCUT2D eigenvalue weighted by Gasteiger charge is -2.35. The summed E-state index contributed by atoms with van der Waals surface area (Å²) in [4.78, 5) is 45.0. The highest BCUT2D eigenvalue weighted by molar-refractivity contribution is 7.13. The normalized spacial score (nSPS) is 16.6. The summed E-state index contributed by atoms with van der Waals surface area (Å²) in [6.45, 7) is 8.64. The zero-order valence-corrected chi connectivity index (χ0v) is 21.1. The van der Waals surface area contributed by atoms with E-state index in [4.69, 9.17) is 4.74 Å². The van der Waals surface area contributed by atoms with Crippen LogP contribution in [-0.2, 0) is 19.1 Å². The number of ether oxygens (including phenoxy) is 1. The number of nitrogens with zero attached hydrogens (tertiary/aromatic N) is 2. The fourth-order valence-corrected chi connectivity index (χ4v) is 4.39. The average molecular weight is 487 g/mol. The van der Waals surface area contributed by atoms with Gasteiger partial charge in [0.05, 0.1) is 6.10 Å². The number of amides is 3. The van der Waals surface area contributed by atoms with Gasteiger partial charge in [-0.1, -0.05) is 29.8 Å². The molecule has 184 valence electrons. The van der Waals surface area contributed by atoms with Crippen molar-refractivity contribution >= 4 is 34.2 Å². The summed E-state index contributed by atoms with van der Waals surface area (Å²) in [6, 6.07) is 6.81. The zero-order valence-electron chi connectivity index (χ0n) is 20.3. The molecule has 3 rings (SSSR count). The summed E-state index contributed by atoms with van der Waals surface area (Å²) in [5, 5.41) is 8.00. The van der Waals surface area contributed by atoms with E-state index in [-0.39, 0.29) is 36.7 Å². The predicted octanol–water partition coefficient (Wildman–Crippen LogP) is 3.83. The summed E-state index contributed by atoms with van der Waals surface area (Å²) in [5.74, 6) is -0.805. The van der Waals surface area contributed by atoms with Gasteiger partial charge in [0, 0.05) is 43.1 Å². The number of carbonyl (C=O) groups is 3. The number of benzene rings is 1. The van der Waals surface area contributed by atoms with E-state index in [1.54, 1.807) is 16.5 Å². The van der Waals surface area contributed by atoms with Crippen LogP contribution in [0.3, 0.4) is 0 Å². The van der Waals surface area contributed by atoms with E-state index >= 15 is 0 Å². The van der Waals surface area contributed by atoms with E-state index in [9.17, 15) is 14.4 Å². The number of nitrogens with one attached hydrogen (secondary N) is 2. The van der Waals surface area contributed by atoms with Gasteiger partial charge >= 0.3 is 0 Å². The first-order chi connectivity index (χ1) is 16.1. The zero-order chi connectivity index (χ0) is 24.7. The van der Waals surface area contributed by atoms with Gasteiger partial charge in [0.2, 0.25) is 17.7 Å². The maximum Gasteiger partial charge on any atom is 0.247 e. The highest BCUT2D eigenvalue weighted by Crippen LogP contribution is 2.27. The molecule has 2 N–H and O–H groups in total. The minimum atomic E-state index is -0.821. The number of hydrogen-bond donors (Lipinski definition) is 2. The van der Waals surface area contributed by atoms with E-state index in [0.29, 0.717) is 18.3 Å². The molecule has 8 nitrogen and oxygen atoms in total. The van der Waals surface area contributed by atoms with Crippen molar-refractivity contribution in [3.8, 4) is 0 Å². The van der Waals surface area contributed by atoms with Crippen LogP contribution in [0.2, 0.25) is 0 Å². The van der Waals surface area contributed by atoms with E-state index in [1.165, 1.54) is 11.3 Å². The predicted molar refractivity (Wildman–Crippen MR) is 132 cm³/mol. The van der Waals surface area contributed by atoms with Crippen LogP contribution in [0.15, 0.2) is 35.8 Å². The van der Waals surface area contributed by atoms with Gasteiger partial charge < -0.3 is 20.3 Å². The fraction of sp³-hybridized carbons (Fsp3) is 0.520. The molecule has 1 fully saturated rings. The number of hydrogen-bond acceptors (Lipinski definition) is 6. The van der Waals surface area contributed by atoms with Crippen LogP contribution in [0.1, 0.15) is 63.6 Å². The second-order valence-electron chi connectivity index (χ2n) is 9.62. The smallest absolute Gasteiger partial charge is 0.247 e. The lowest BCUT2D eigenvalue weighted by molar-refractivity contribution is -0.143. The summed E-state index contributed by atoms with van der Waals surface area (Å²) in [6.07, 6.45) is 3.21. The topological polar surface area (TPSA) is 101 Å². The van der Waals surface area contributed by atoms with Gasteiger partial charge in [-0.3, -0.25) is 14.4 Å². The largest absolute Gasteiger partial charge is 0.376 e. The highest BCUT2D eigenvalue weighted by atomic mass is 32.1. The van der Waals surface area contributed by atoms with Crippen molar-refractivity contribution in [1.29, 1.82) is 0 Å². The maximum absolute atomic E-state index is 13.5. The van der Waals surface area contributed by atoms with Crippen molar-refractivity contribution in [2.75, 3.05) is 18.5 Å². The molecule has 34 heavy (non-hydrogen) atoms. The molecular weight excluding hydrogens is 452 g/mol. The Morgan fingerprint density at radius 3 is 2.53 bits per heavy atom. The SMILES string of the molecule is Cc1ccc(C(C(=O)NC(C)(C)C)N(CC2CCCO2)C(=O)CCC(=O)Nc2nccs2)cc1. The van der Waals surface area contributed by atoms with Crippen LogP contribution in [-0.4, -0.2) is 52.4 Å². The Hall–Kier alpha value is -2.78. The Morgan fingerprint density at radius 2 is 1.94 bits per heavy atom. The standard InChI is InChI=1S/C25H34N4O4S/c1-17-7-9-18(10-8-17)22(23(32)28-25(2,3)4)29(16-19-6-5-14-33-19)21(31)12-11-20(30)27-24-26-13-15-34-24/h7-10,13,15,19,22H,5-6,11-12,14,16H2,1-4H3,(H,28,32)(H,26,27,30). The van der Waals surface area contributed by atoms with Gasteiger partial charge in [-0.05, 0) is 46.1 Å². The molecule has 2 unspecified atom stereocenters. The molecule has 0 spiro atoms. The number of thiazole rings is 1. The first kappa shape index (κ1) is 25.8. The first-order valence-corrected chi connectivity index (χ1v) is 12.5. The Bertz CT molecular complexity index is 964. The minimum absolute atomic E-state index is 0.00193. The monoisotopic (exact) mass is 486 g/mol. The molecular formula is C25H34N4O4S. The molecule has 0 aliphatic carbocycles. The molecule has 0 radical (unpaired) electrons. The van der Waals surface area contributed by atoms with Crippen molar-refractivity contribution in [2.45, 2.75) is 71.1 Å². The van der Waals surface area contributed by atoms with Gasteiger partial charge in [0.1, 0.15) is 6.04 Å². The maximum atomic E-state index is 13.5. The summed E-state index contributed by atoms with van der Waals surface area (Å²) in [5.41, 5.74) is 1.33. The first-order valence-electron chi connectivity index (χ1n) is 11.6. The average Bonchev–Trinajstić information content (AvgIpc) is 3.46. The lowest BCUT2D eigenvalue weighted by atomic mass is 9.99. The van der Waals surface area contributed by atoms with Crippen LogP contribution in [0.25, 0.3) is 0 Å². The summed E-state index contributed by atoms with van der Waals surface area (Å²) < 4.78 is 5.80. The molecule has 2 heterocycles. The van der Waals surface area contributed by atoms with Crippen LogP contribution in [0.5, 0.6) is 0 Å². The Balaban J connectivity index is 1.83. The van der Waals surface area contributed by atoms with E-state index in [0.717, 1.165) is 24.0 Å². The Labute approximate surface area is 205 Å². The van der Waals surface area contributed by atoms with E-state index in [2.05, 4.69) is 15.6 Å². The summed E-state index contributed by atoms with van der Waals surface area (Å²) in [7, 11) is 0. The van der Waals surface area contributed by atoms with Gasteiger partial charge in [-0.15, -0.1) is 11.3 Å². The van der Waals surface area contributed by atoms with Crippen molar-refractivity contribution in [3.05, 3.63) is 47.0 Å². The number of carbonyl (C=O) groups excluding carboxylic acids is 3. The number of aryl methyl sites for hydroxylation is 1. The molecule has 1 aromatic carbocycles. The van der Waals surface area contributed by atoms with Crippen molar-refractivity contribution < 1.29 is 19.1 Å². The lowest BCUT2D eigenvalue weighted by Crippen LogP contribution is -2.50. The molecule has 0 saturated carbocycles. The van der Waals surface area contributed by atoms with Crippen molar-refractivity contribution in [2.24, 2.45) is 0 Å². The quantitative estimate of drug-likeness (QED) is 0.561. The van der Waals surface area contributed by atoms with Gasteiger partial charge in [-0.2, -0.15) is 0 Å². The molecule has 3 amide bonds. The molecule has 2 aromatic rings. The van der Waals surface area contributed by atoms with Gasteiger partial charge in [-0.25, -0.2) is 4.98 Å². The van der Waals surface area contributed by atoms with Crippen LogP contribution in [0.4, 0.5) is 5.13 Å². The molecule has 2 atom stereocenters. The number of anilines is 1. The number of aromatic nitrogens is 1. The third-order valence-corrected chi connectivity index (χ3v) is 6.13. The summed E-state index contributed by atoms with van der Waals surface area (Å²) >= 11 is 1.32. The van der Waals surface area contributed by atoms with Crippen LogP contribution in [0, 0.1) is 6.92 Å². The molecule has 0 bridgehead atoms. The van der Waals surface area contributed by atoms with Gasteiger partial charge in [0.25, 0.3) is 0 Å². The number of rotatable bonds is 9. The van der Waals surface area contributed by atoms with Crippen LogP contribution < -0.4 is 10.6 Å². The molecule has 1 aliphatic heterocycles. The molecule has 1 aliphatic rings. The van der Waals surface area contributed by atoms with Crippen molar-refractivity contribution in [3.63, 3.8) is 0 Å². The van der Waals surface area contributed by atoms with Gasteiger partial charge in [0.15, 0.2) is 5.13 Å². The second-order valence-corrected chi connectivity index (χ2v) is 10.5. The molecule has 1 aromatic heterocycles.